The molecule has 2 aliphatic rings. The summed E-state index contributed by atoms with van der Waals surface area (Å²) in [6, 6.07) is 0.448. The van der Waals surface area contributed by atoms with Gasteiger partial charge in [-0.15, -0.1) is 0 Å². The summed E-state index contributed by atoms with van der Waals surface area (Å²) in [4.78, 5) is 14.2. The van der Waals surface area contributed by atoms with Crippen LogP contribution in [0.5, 0.6) is 0 Å². The van der Waals surface area contributed by atoms with Crippen LogP contribution in [0.1, 0.15) is 33.1 Å². The largest absolute Gasteiger partial charge is 0.338 e. The van der Waals surface area contributed by atoms with Gasteiger partial charge in [-0.05, 0) is 38.6 Å². The van der Waals surface area contributed by atoms with Crippen molar-refractivity contribution in [1.82, 2.24) is 10.2 Å². The van der Waals surface area contributed by atoms with Crippen LogP contribution in [0.15, 0.2) is 0 Å². The molecule has 3 atom stereocenters. The molecule has 0 spiro atoms. The SMILES string of the molecule is CCN(C(=O)C1CC1C)C1CCCNC1. The summed E-state index contributed by atoms with van der Waals surface area (Å²) in [5, 5.41) is 3.38. The third-order valence-corrected chi connectivity index (χ3v) is 3.76. The highest BCUT2D eigenvalue weighted by Gasteiger charge is 2.42. The van der Waals surface area contributed by atoms with Gasteiger partial charge in [0.15, 0.2) is 0 Å². The number of piperidine rings is 1. The molecule has 3 heteroatoms. The Labute approximate surface area is 92.2 Å². The van der Waals surface area contributed by atoms with Crippen molar-refractivity contribution in [2.75, 3.05) is 19.6 Å². The number of hydrogen-bond donors (Lipinski definition) is 1. The number of likely N-dealkylation sites (N-methyl/N-ethyl adjacent to an activating group) is 1. The number of rotatable bonds is 3. The van der Waals surface area contributed by atoms with Gasteiger partial charge in [0.05, 0.1) is 0 Å². The Morgan fingerprint density at radius 3 is 2.73 bits per heavy atom. The first kappa shape index (κ1) is 10.9. The lowest BCUT2D eigenvalue weighted by atomic mass is 10.1. The average molecular weight is 210 g/mol. The monoisotopic (exact) mass is 210 g/mol. The molecular weight excluding hydrogens is 188 g/mol. The van der Waals surface area contributed by atoms with Gasteiger partial charge >= 0.3 is 0 Å². The minimum atomic E-state index is 0.340. The van der Waals surface area contributed by atoms with Crippen molar-refractivity contribution in [2.45, 2.75) is 39.2 Å². The molecule has 0 radical (unpaired) electrons. The fourth-order valence-electron chi connectivity index (χ4n) is 2.57. The molecule has 0 aromatic rings. The summed E-state index contributed by atoms with van der Waals surface area (Å²) >= 11 is 0. The Bertz CT molecular complexity index is 236. The Morgan fingerprint density at radius 2 is 2.27 bits per heavy atom. The number of hydrogen-bond acceptors (Lipinski definition) is 2. The van der Waals surface area contributed by atoms with Crippen LogP contribution >= 0.6 is 0 Å². The predicted molar refractivity (Wildman–Crippen MR) is 60.5 cm³/mol. The second kappa shape index (κ2) is 4.52. The highest BCUT2D eigenvalue weighted by Crippen LogP contribution is 2.39. The van der Waals surface area contributed by atoms with Crippen molar-refractivity contribution in [2.24, 2.45) is 11.8 Å². The molecule has 0 aromatic carbocycles. The van der Waals surface area contributed by atoms with Crippen LogP contribution < -0.4 is 5.32 Å². The van der Waals surface area contributed by atoms with Crippen molar-refractivity contribution in [1.29, 1.82) is 0 Å². The van der Waals surface area contributed by atoms with Crippen LogP contribution in [-0.4, -0.2) is 36.5 Å². The van der Waals surface area contributed by atoms with Gasteiger partial charge in [-0.1, -0.05) is 6.92 Å². The van der Waals surface area contributed by atoms with Gasteiger partial charge < -0.3 is 10.2 Å². The summed E-state index contributed by atoms with van der Waals surface area (Å²) < 4.78 is 0. The van der Waals surface area contributed by atoms with Crippen molar-refractivity contribution in [3.63, 3.8) is 0 Å². The lowest BCUT2D eigenvalue weighted by molar-refractivity contribution is -0.135. The summed E-state index contributed by atoms with van der Waals surface area (Å²) in [6.07, 6.45) is 3.48. The van der Waals surface area contributed by atoms with E-state index in [0.717, 1.165) is 26.1 Å². The maximum atomic E-state index is 12.1. The number of amides is 1. The fourth-order valence-corrected chi connectivity index (χ4v) is 2.57. The van der Waals surface area contributed by atoms with E-state index in [1.807, 2.05) is 0 Å². The Hall–Kier alpha value is -0.570. The maximum Gasteiger partial charge on any atom is 0.226 e. The van der Waals surface area contributed by atoms with E-state index < -0.39 is 0 Å². The van der Waals surface area contributed by atoms with Gasteiger partial charge in [-0.3, -0.25) is 4.79 Å². The van der Waals surface area contributed by atoms with Gasteiger partial charge in [0.2, 0.25) is 5.91 Å². The lowest BCUT2D eigenvalue weighted by Crippen LogP contribution is -2.49. The van der Waals surface area contributed by atoms with Crippen molar-refractivity contribution >= 4 is 5.91 Å². The fraction of sp³-hybridized carbons (Fsp3) is 0.917. The van der Waals surface area contributed by atoms with E-state index in [-0.39, 0.29) is 0 Å². The molecule has 1 aliphatic heterocycles. The molecule has 2 rings (SSSR count). The molecule has 1 saturated carbocycles. The molecule has 1 saturated heterocycles. The normalized spacial score (nSPS) is 34.9. The summed E-state index contributed by atoms with van der Waals surface area (Å²) in [7, 11) is 0. The summed E-state index contributed by atoms with van der Waals surface area (Å²) in [6.45, 7) is 7.24. The lowest BCUT2D eigenvalue weighted by Gasteiger charge is -2.34. The van der Waals surface area contributed by atoms with E-state index in [0.29, 0.717) is 23.8 Å². The second-order valence-electron chi connectivity index (χ2n) is 4.94. The molecule has 1 amide bonds. The topological polar surface area (TPSA) is 32.3 Å². The third-order valence-electron chi connectivity index (χ3n) is 3.76. The Morgan fingerprint density at radius 1 is 1.53 bits per heavy atom. The van der Waals surface area contributed by atoms with Crippen molar-refractivity contribution in [3.8, 4) is 0 Å². The van der Waals surface area contributed by atoms with Gasteiger partial charge in [0, 0.05) is 25.0 Å². The number of carbonyl (C=O) groups is 1. The molecule has 1 N–H and O–H groups in total. The highest BCUT2D eigenvalue weighted by molar-refractivity contribution is 5.81. The van der Waals surface area contributed by atoms with Crippen LogP contribution in [-0.2, 0) is 4.79 Å². The highest BCUT2D eigenvalue weighted by atomic mass is 16.2. The van der Waals surface area contributed by atoms with E-state index in [2.05, 4.69) is 24.1 Å². The van der Waals surface area contributed by atoms with Gasteiger partial charge in [0.1, 0.15) is 0 Å². The first-order chi connectivity index (χ1) is 7.24. The summed E-state index contributed by atoms with van der Waals surface area (Å²) in [5.41, 5.74) is 0. The minimum absolute atomic E-state index is 0.340. The number of nitrogens with one attached hydrogen (secondary N) is 1. The van der Waals surface area contributed by atoms with E-state index in [4.69, 9.17) is 0 Å². The van der Waals surface area contributed by atoms with Crippen molar-refractivity contribution < 1.29 is 4.79 Å². The second-order valence-corrected chi connectivity index (χ2v) is 4.94. The number of nitrogens with zero attached hydrogens (tertiary/aromatic N) is 1. The zero-order chi connectivity index (χ0) is 10.8. The molecule has 3 unspecified atom stereocenters. The van der Waals surface area contributed by atoms with E-state index in [1.165, 1.54) is 12.8 Å². The van der Waals surface area contributed by atoms with Crippen LogP contribution in [0.2, 0.25) is 0 Å². The minimum Gasteiger partial charge on any atom is -0.338 e. The molecule has 86 valence electrons. The van der Waals surface area contributed by atoms with Crippen molar-refractivity contribution in [3.05, 3.63) is 0 Å². The molecule has 15 heavy (non-hydrogen) atoms. The zero-order valence-electron chi connectivity index (χ0n) is 9.83. The summed E-state index contributed by atoms with van der Waals surface area (Å²) in [5.74, 6) is 1.37. The van der Waals surface area contributed by atoms with Crippen LogP contribution in [0.25, 0.3) is 0 Å². The van der Waals surface area contributed by atoms with Gasteiger partial charge in [0.25, 0.3) is 0 Å². The third kappa shape index (κ3) is 2.33. The Balaban J connectivity index is 1.93. The predicted octanol–water partition coefficient (Wildman–Crippen LogP) is 1.24. The van der Waals surface area contributed by atoms with Crippen LogP contribution in [0, 0.1) is 11.8 Å². The van der Waals surface area contributed by atoms with Gasteiger partial charge in [-0.25, -0.2) is 0 Å². The standard InChI is InChI=1S/C12H22N2O/c1-3-14(10-5-4-6-13-8-10)12(15)11-7-9(11)2/h9-11,13H,3-8H2,1-2H3. The smallest absolute Gasteiger partial charge is 0.226 e. The van der Waals surface area contributed by atoms with E-state index in [1.54, 1.807) is 0 Å². The van der Waals surface area contributed by atoms with Gasteiger partial charge in [-0.2, -0.15) is 0 Å². The molecule has 0 bridgehead atoms. The van der Waals surface area contributed by atoms with E-state index in [9.17, 15) is 4.79 Å². The first-order valence-electron chi connectivity index (χ1n) is 6.25. The first-order valence-corrected chi connectivity index (χ1v) is 6.25. The number of carbonyl (C=O) groups excluding carboxylic acids is 1. The molecular formula is C12H22N2O. The molecule has 1 heterocycles. The quantitative estimate of drug-likeness (QED) is 0.760. The van der Waals surface area contributed by atoms with Crippen LogP contribution in [0.3, 0.4) is 0 Å². The molecule has 1 aliphatic carbocycles. The zero-order valence-corrected chi connectivity index (χ0v) is 9.83. The molecule has 2 fully saturated rings. The maximum absolute atomic E-state index is 12.1. The molecule has 3 nitrogen and oxygen atoms in total. The van der Waals surface area contributed by atoms with Crippen LogP contribution in [0.4, 0.5) is 0 Å². The average Bonchev–Trinajstić information content (AvgIpc) is 2.98. The van der Waals surface area contributed by atoms with E-state index >= 15 is 0 Å². The molecule has 0 aromatic heterocycles. The Kier molecular flexibility index (Phi) is 3.29.